The fourth-order valence-electron chi connectivity index (χ4n) is 3.47. The molecule has 7 nitrogen and oxygen atoms in total. The van der Waals surface area contributed by atoms with E-state index in [2.05, 4.69) is 73.4 Å². The van der Waals surface area contributed by atoms with E-state index in [9.17, 15) is 9.59 Å². The minimum atomic E-state index is -0.330. The van der Waals surface area contributed by atoms with Crippen LogP contribution in [0.2, 0.25) is 0 Å². The Labute approximate surface area is 223 Å². The van der Waals surface area contributed by atoms with Gasteiger partial charge < -0.3 is 15.2 Å². The zero-order valence-corrected chi connectivity index (χ0v) is 23.1. The first-order valence-electron chi connectivity index (χ1n) is 12.3. The summed E-state index contributed by atoms with van der Waals surface area (Å²) in [5, 5.41) is 7.83. The Bertz CT molecular complexity index is 1340. The summed E-state index contributed by atoms with van der Waals surface area (Å²) in [5.41, 5.74) is 5.25. The van der Waals surface area contributed by atoms with Crippen LogP contribution < -0.4 is 10.6 Å². The number of amides is 2. The van der Waals surface area contributed by atoms with Gasteiger partial charge in [0.15, 0.2) is 5.13 Å². The molecule has 2 amide bonds. The minimum Gasteiger partial charge on any atom is -0.348 e. The number of aromatic nitrogens is 2. The molecule has 0 radical (unpaired) electrons. The number of allylic oxidation sites excluding steroid dienone is 3. The lowest BCUT2D eigenvalue weighted by atomic mass is 10.0. The number of thiazole rings is 1. The minimum absolute atomic E-state index is 0.119. The van der Waals surface area contributed by atoms with Crippen molar-refractivity contribution >= 4 is 39.6 Å². The quantitative estimate of drug-likeness (QED) is 0.317. The van der Waals surface area contributed by atoms with E-state index in [0.717, 1.165) is 34.5 Å². The van der Waals surface area contributed by atoms with Crippen LogP contribution in [0.1, 0.15) is 63.9 Å². The first kappa shape index (κ1) is 27.8. The molecule has 194 valence electrons. The molecule has 0 saturated heterocycles. The Balaban J connectivity index is 1.60. The van der Waals surface area contributed by atoms with Gasteiger partial charge in [-0.1, -0.05) is 31.2 Å². The van der Waals surface area contributed by atoms with Gasteiger partial charge in [0.05, 0.1) is 17.8 Å². The van der Waals surface area contributed by atoms with Gasteiger partial charge in [0, 0.05) is 40.8 Å². The van der Waals surface area contributed by atoms with Crippen molar-refractivity contribution in [3.63, 3.8) is 0 Å². The van der Waals surface area contributed by atoms with Crippen LogP contribution in [0, 0.1) is 0 Å². The van der Waals surface area contributed by atoms with Gasteiger partial charge in [-0.2, -0.15) is 0 Å². The number of hydrogen-bond donors (Lipinski definition) is 2. The SMILES string of the molecule is CC/C=C/N=C(C)\C=C(/C)c1cccc(-c2csc(NC(=O)CNC(=O)c3ccn(C(C)(C)C)c3)n2)c1. The summed E-state index contributed by atoms with van der Waals surface area (Å²) in [7, 11) is 0. The van der Waals surface area contributed by atoms with E-state index in [1.807, 2.05) is 47.5 Å². The Morgan fingerprint density at radius 1 is 1.16 bits per heavy atom. The molecule has 0 bridgehead atoms. The third kappa shape index (κ3) is 8.11. The molecule has 37 heavy (non-hydrogen) atoms. The number of rotatable bonds is 9. The fourth-order valence-corrected chi connectivity index (χ4v) is 4.21. The second-order valence-electron chi connectivity index (χ2n) is 9.72. The second-order valence-corrected chi connectivity index (χ2v) is 10.6. The number of carbonyl (C=O) groups is 2. The van der Waals surface area contributed by atoms with Crippen molar-refractivity contribution in [3.8, 4) is 11.3 Å². The molecule has 0 aliphatic rings. The van der Waals surface area contributed by atoms with Crippen LogP contribution in [0.5, 0.6) is 0 Å². The highest BCUT2D eigenvalue weighted by atomic mass is 32.1. The molecule has 0 aliphatic carbocycles. The van der Waals surface area contributed by atoms with Crippen LogP contribution in [0.25, 0.3) is 16.8 Å². The molecule has 8 heteroatoms. The monoisotopic (exact) mass is 517 g/mol. The molecule has 0 atom stereocenters. The average molecular weight is 518 g/mol. The van der Waals surface area contributed by atoms with Crippen LogP contribution >= 0.6 is 11.3 Å². The highest BCUT2D eigenvalue weighted by Gasteiger charge is 2.16. The summed E-state index contributed by atoms with van der Waals surface area (Å²) in [5.74, 6) is -0.621. The molecule has 1 aromatic carbocycles. The van der Waals surface area contributed by atoms with Crippen molar-refractivity contribution in [1.82, 2.24) is 14.9 Å². The molecule has 0 fully saturated rings. The highest BCUT2D eigenvalue weighted by molar-refractivity contribution is 7.14. The lowest BCUT2D eigenvalue weighted by Crippen LogP contribution is -2.32. The number of nitrogens with one attached hydrogen (secondary N) is 2. The molecule has 0 aliphatic heterocycles. The summed E-state index contributed by atoms with van der Waals surface area (Å²) in [6, 6.07) is 9.86. The maximum Gasteiger partial charge on any atom is 0.253 e. The standard InChI is InChI=1S/C29H35N5O2S/c1-7-8-13-30-21(3)15-20(2)22-10-9-11-23(16-22)25-19-37-28(32-25)33-26(35)17-31-27(36)24-12-14-34(18-24)29(4,5)6/h8-16,18-19H,7,17H2,1-6H3,(H,31,36)(H,32,33,35)/b13-8+,20-15+,30-21-. The molecule has 0 saturated carbocycles. The van der Waals surface area contributed by atoms with Gasteiger partial charge in [0.1, 0.15) is 0 Å². The smallest absolute Gasteiger partial charge is 0.253 e. The van der Waals surface area contributed by atoms with Crippen LogP contribution in [0.4, 0.5) is 5.13 Å². The van der Waals surface area contributed by atoms with E-state index in [1.165, 1.54) is 11.3 Å². The molecule has 2 aromatic heterocycles. The molecule has 0 spiro atoms. The number of hydrogen-bond acceptors (Lipinski definition) is 5. The Hall–Kier alpha value is -3.78. The van der Waals surface area contributed by atoms with E-state index >= 15 is 0 Å². The lowest BCUT2D eigenvalue weighted by molar-refractivity contribution is -0.115. The van der Waals surface area contributed by atoms with Gasteiger partial charge in [0.25, 0.3) is 5.91 Å². The van der Waals surface area contributed by atoms with Gasteiger partial charge in [-0.25, -0.2) is 4.98 Å². The maximum absolute atomic E-state index is 12.4. The largest absolute Gasteiger partial charge is 0.348 e. The Kier molecular flexibility index (Phi) is 9.36. The Morgan fingerprint density at radius 2 is 1.95 bits per heavy atom. The highest BCUT2D eigenvalue weighted by Crippen LogP contribution is 2.27. The molecule has 3 rings (SSSR count). The Morgan fingerprint density at radius 3 is 2.65 bits per heavy atom. The summed E-state index contributed by atoms with van der Waals surface area (Å²) in [6.07, 6.45) is 10.5. The predicted octanol–water partition coefficient (Wildman–Crippen LogP) is 6.52. The number of benzene rings is 1. The van der Waals surface area contributed by atoms with Gasteiger partial charge in [-0.3, -0.25) is 14.6 Å². The van der Waals surface area contributed by atoms with Gasteiger partial charge in [-0.05, 0) is 70.4 Å². The lowest BCUT2D eigenvalue weighted by Gasteiger charge is -2.20. The third-order valence-corrected chi connectivity index (χ3v) is 6.31. The predicted molar refractivity (Wildman–Crippen MR) is 154 cm³/mol. The molecule has 3 aromatic rings. The first-order valence-corrected chi connectivity index (χ1v) is 13.2. The second kappa shape index (κ2) is 12.5. The summed E-state index contributed by atoms with van der Waals surface area (Å²) in [6.45, 7) is 12.1. The summed E-state index contributed by atoms with van der Waals surface area (Å²) >= 11 is 1.35. The van der Waals surface area contributed by atoms with Crippen molar-refractivity contribution < 1.29 is 9.59 Å². The number of aliphatic imine (C=N–C) groups is 1. The number of nitrogens with zero attached hydrogens (tertiary/aromatic N) is 3. The summed E-state index contributed by atoms with van der Waals surface area (Å²) < 4.78 is 1.96. The van der Waals surface area contributed by atoms with Crippen LogP contribution in [0.3, 0.4) is 0 Å². The van der Waals surface area contributed by atoms with Crippen molar-refractivity contribution in [3.05, 3.63) is 77.6 Å². The average Bonchev–Trinajstić information content (AvgIpc) is 3.53. The molecular weight excluding hydrogens is 482 g/mol. The van der Waals surface area contributed by atoms with Crippen molar-refractivity contribution in [2.24, 2.45) is 4.99 Å². The molecule has 2 heterocycles. The van der Waals surface area contributed by atoms with Gasteiger partial charge in [0.2, 0.25) is 5.91 Å². The molecule has 0 unspecified atom stereocenters. The number of carbonyl (C=O) groups excluding carboxylic acids is 2. The normalized spacial score (nSPS) is 12.7. The first-order chi connectivity index (χ1) is 17.6. The van der Waals surface area contributed by atoms with Crippen LogP contribution in [0.15, 0.2) is 71.4 Å². The van der Waals surface area contributed by atoms with E-state index in [0.29, 0.717) is 10.7 Å². The van der Waals surface area contributed by atoms with Crippen molar-refractivity contribution in [2.45, 2.75) is 53.5 Å². The topological polar surface area (TPSA) is 88.4 Å². The van der Waals surface area contributed by atoms with E-state index < -0.39 is 0 Å². The third-order valence-electron chi connectivity index (χ3n) is 5.55. The zero-order valence-electron chi connectivity index (χ0n) is 22.3. The summed E-state index contributed by atoms with van der Waals surface area (Å²) in [4.78, 5) is 33.8. The van der Waals surface area contributed by atoms with E-state index in [-0.39, 0.29) is 23.9 Å². The van der Waals surface area contributed by atoms with Crippen molar-refractivity contribution in [2.75, 3.05) is 11.9 Å². The zero-order chi connectivity index (χ0) is 27.0. The molecular formula is C29H35N5O2S. The van der Waals surface area contributed by atoms with Gasteiger partial charge >= 0.3 is 0 Å². The van der Waals surface area contributed by atoms with Crippen molar-refractivity contribution in [1.29, 1.82) is 0 Å². The maximum atomic E-state index is 12.4. The van der Waals surface area contributed by atoms with E-state index in [4.69, 9.17) is 0 Å². The fraction of sp³-hybridized carbons (Fsp3) is 0.310. The number of anilines is 1. The van der Waals surface area contributed by atoms with Gasteiger partial charge in [-0.15, -0.1) is 11.3 Å². The van der Waals surface area contributed by atoms with Crippen LogP contribution in [-0.4, -0.2) is 33.6 Å². The molecule has 2 N–H and O–H groups in total. The van der Waals surface area contributed by atoms with Crippen LogP contribution in [-0.2, 0) is 10.3 Å². The van der Waals surface area contributed by atoms with E-state index in [1.54, 1.807) is 12.3 Å².